The number of phenols is 1. The van der Waals surface area contributed by atoms with Crippen LogP contribution in [0.25, 0.3) is 0 Å². The van der Waals surface area contributed by atoms with E-state index in [1.54, 1.807) is 0 Å². The number of benzene rings is 1. The number of aromatic hydroxyl groups is 1. The number of phenolic OH excluding ortho intramolecular Hbond substituents is 1. The number of hydrogen-bond donors (Lipinski definition) is 1. The maximum absolute atomic E-state index is 10.0. The minimum atomic E-state index is 0.516. The molecule has 1 aromatic rings. The highest BCUT2D eigenvalue weighted by Crippen LogP contribution is 2.38. The third-order valence-electron chi connectivity index (χ3n) is 4.01. The van der Waals surface area contributed by atoms with Crippen LogP contribution < -0.4 is 0 Å². The second-order valence-corrected chi connectivity index (χ2v) is 5.09. The molecule has 0 amide bonds. The van der Waals surface area contributed by atoms with Gasteiger partial charge in [0.2, 0.25) is 0 Å². The number of likely N-dealkylation sites (tertiary alicyclic amines) is 1. The molecule has 3 rings (SSSR count). The molecule has 0 bridgehead atoms. The van der Waals surface area contributed by atoms with Crippen molar-refractivity contribution in [2.45, 2.75) is 31.6 Å². The Bertz CT molecular complexity index is 384. The van der Waals surface area contributed by atoms with Gasteiger partial charge in [-0.15, -0.1) is 0 Å². The number of fused-ring (bicyclic) bond motifs is 1. The van der Waals surface area contributed by atoms with E-state index in [0.29, 0.717) is 11.7 Å². The number of rotatable bonds is 2. The first-order valence-corrected chi connectivity index (χ1v) is 6.38. The summed E-state index contributed by atoms with van der Waals surface area (Å²) in [5, 5.41) is 10.0. The van der Waals surface area contributed by atoms with Crippen molar-refractivity contribution in [2.24, 2.45) is 0 Å². The fourth-order valence-corrected chi connectivity index (χ4v) is 3.03. The Morgan fingerprint density at radius 3 is 2.88 bits per heavy atom. The lowest BCUT2D eigenvalue weighted by Crippen LogP contribution is -2.40. The fourth-order valence-electron chi connectivity index (χ4n) is 3.03. The zero-order valence-corrected chi connectivity index (χ0v) is 9.65. The average molecular weight is 217 g/mol. The molecule has 16 heavy (non-hydrogen) atoms. The van der Waals surface area contributed by atoms with E-state index < -0.39 is 0 Å². The number of nitrogens with zero attached hydrogens (tertiary/aromatic N) is 1. The predicted octanol–water partition coefficient (Wildman–Crippen LogP) is 2.52. The SMILES string of the molecule is Oc1cccc2c1C(CN1CCC1)CCC2. The zero-order valence-electron chi connectivity index (χ0n) is 9.65. The topological polar surface area (TPSA) is 23.5 Å². The van der Waals surface area contributed by atoms with Gasteiger partial charge in [-0.05, 0) is 50.4 Å². The molecule has 2 aliphatic rings. The third kappa shape index (κ3) is 1.71. The van der Waals surface area contributed by atoms with Crippen LogP contribution in [0, 0.1) is 0 Å². The lowest BCUT2D eigenvalue weighted by molar-refractivity contribution is 0.164. The van der Waals surface area contributed by atoms with Gasteiger partial charge in [0.05, 0.1) is 0 Å². The zero-order chi connectivity index (χ0) is 11.0. The first kappa shape index (κ1) is 10.2. The largest absolute Gasteiger partial charge is 0.508 e. The Morgan fingerprint density at radius 1 is 1.25 bits per heavy atom. The highest BCUT2D eigenvalue weighted by Gasteiger charge is 2.26. The minimum absolute atomic E-state index is 0.516. The first-order valence-electron chi connectivity index (χ1n) is 6.38. The van der Waals surface area contributed by atoms with Crippen LogP contribution in [-0.4, -0.2) is 29.6 Å². The standard InChI is InChI=1S/C14H19NO/c16-13-7-2-5-11-4-1-6-12(14(11)13)10-15-8-3-9-15/h2,5,7,12,16H,1,3-4,6,8-10H2. The summed E-state index contributed by atoms with van der Waals surface area (Å²) in [6.07, 6.45) is 5.00. The highest BCUT2D eigenvalue weighted by molar-refractivity contribution is 5.43. The average Bonchev–Trinajstić information content (AvgIpc) is 2.24. The molecule has 1 saturated heterocycles. The number of hydrogen-bond acceptors (Lipinski definition) is 2. The molecule has 1 unspecified atom stereocenters. The van der Waals surface area contributed by atoms with E-state index in [4.69, 9.17) is 0 Å². The Kier molecular flexibility index (Phi) is 2.60. The molecule has 1 fully saturated rings. The van der Waals surface area contributed by atoms with Crippen molar-refractivity contribution in [3.63, 3.8) is 0 Å². The van der Waals surface area contributed by atoms with Gasteiger partial charge in [0.25, 0.3) is 0 Å². The Hall–Kier alpha value is -1.02. The summed E-state index contributed by atoms with van der Waals surface area (Å²) >= 11 is 0. The Balaban J connectivity index is 1.86. The summed E-state index contributed by atoms with van der Waals surface area (Å²) in [5.74, 6) is 1.08. The molecule has 0 saturated carbocycles. The van der Waals surface area contributed by atoms with Gasteiger partial charge in [-0.3, -0.25) is 0 Å². The van der Waals surface area contributed by atoms with Crippen molar-refractivity contribution in [3.8, 4) is 5.75 Å². The molecule has 86 valence electrons. The smallest absolute Gasteiger partial charge is 0.119 e. The maximum Gasteiger partial charge on any atom is 0.119 e. The van der Waals surface area contributed by atoms with Crippen LogP contribution in [-0.2, 0) is 6.42 Å². The van der Waals surface area contributed by atoms with E-state index in [-0.39, 0.29) is 0 Å². The summed E-state index contributed by atoms with van der Waals surface area (Å²) in [5.41, 5.74) is 2.61. The molecule has 1 N–H and O–H groups in total. The predicted molar refractivity (Wildman–Crippen MR) is 64.8 cm³/mol. The van der Waals surface area contributed by atoms with Crippen LogP contribution in [0.2, 0.25) is 0 Å². The van der Waals surface area contributed by atoms with Crippen LogP contribution in [0.15, 0.2) is 18.2 Å². The molecule has 1 heterocycles. The lowest BCUT2D eigenvalue weighted by atomic mass is 9.81. The summed E-state index contributed by atoms with van der Waals surface area (Å²) in [6, 6.07) is 5.99. The van der Waals surface area contributed by atoms with E-state index in [2.05, 4.69) is 11.0 Å². The molecule has 0 spiro atoms. The van der Waals surface area contributed by atoms with Crippen molar-refractivity contribution in [1.82, 2.24) is 4.90 Å². The van der Waals surface area contributed by atoms with Crippen molar-refractivity contribution in [2.75, 3.05) is 19.6 Å². The minimum Gasteiger partial charge on any atom is -0.508 e. The molecule has 2 heteroatoms. The summed E-state index contributed by atoms with van der Waals surface area (Å²) in [6.45, 7) is 3.64. The molecule has 1 aliphatic heterocycles. The molecular formula is C14H19NO. The summed E-state index contributed by atoms with van der Waals surface area (Å²) in [4.78, 5) is 2.51. The van der Waals surface area contributed by atoms with Crippen molar-refractivity contribution >= 4 is 0 Å². The van der Waals surface area contributed by atoms with Gasteiger partial charge in [-0.1, -0.05) is 12.1 Å². The monoisotopic (exact) mass is 217 g/mol. The van der Waals surface area contributed by atoms with Gasteiger partial charge >= 0.3 is 0 Å². The fraction of sp³-hybridized carbons (Fsp3) is 0.571. The van der Waals surface area contributed by atoms with E-state index in [1.807, 2.05) is 12.1 Å². The Labute approximate surface area is 96.9 Å². The summed E-state index contributed by atoms with van der Waals surface area (Å²) in [7, 11) is 0. The normalized spacial score (nSPS) is 24.9. The van der Waals surface area contributed by atoms with Gasteiger partial charge in [0.15, 0.2) is 0 Å². The van der Waals surface area contributed by atoms with E-state index in [0.717, 1.165) is 13.0 Å². The van der Waals surface area contributed by atoms with Gasteiger partial charge in [0.1, 0.15) is 5.75 Å². The quantitative estimate of drug-likeness (QED) is 0.822. The third-order valence-corrected chi connectivity index (χ3v) is 4.01. The lowest BCUT2D eigenvalue weighted by Gasteiger charge is -2.36. The molecular weight excluding hydrogens is 198 g/mol. The van der Waals surface area contributed by atoms with Gasteiger partial charge in [-0.25, -0.2) is 0 Å². The van der Waals surface area contributed by atoms with Crippen LogP contribution in [0.4, 0.5) is 0 Å². The van der Waals surface area contributed by atoms with Crippen molar-refractivity contribution in [1.29, 1.82) is 0 Å². The Morgan fingerprint density at radius 2 is 2.12 bits per heavy atom. The second kappa shape index (κ2) is 4.10. The van der Waals surface area contributed by atoms with Gasteiger partial charge < -0.3 is 10.0 Å². The molecule has 2 nitrogen and oxygen atoms in total. The number of aryl methyl sites for hydroxylation is 1. The second-order valence-electron chi connectivity index (χ2n) is 5.09. The molecule has 1 atom stereocenters. The van der Waals surface area contributed by atoms with Crippen molar-refractivity contribution < 1.29 is 5.11 Å². The molecule has 0 radical (unpaired) electrons. The van der Waals surface area contributed by atoms with Crippen LogP contribution >= 0.6 is 0 Å². The molecule has 1 aliphatic carbocycles. The van der Waals surface area contributed by atoms with E-state index in [9.17, 15) is 5.11 Å². The van der Waals surface area contributed by atoms with Gasteiger partial charge in [0, 0.05) is 18.0 Å². The van der Waals surface area contributed by atoms with E-state index >= 15 is 0 Å². The molecule has 1 aromatic carbocycles. The maximum atomic E-state index is 10.0. The van der Waals surface area contributed by atoms with Crippen LogP contribution in [0.5, 0.6) is 5.75 Å². The van der Waals surface area contributed by atoms with Crippen LogP contribution in [0.1, 0.15) is 36.3 Å². The van der Waals surface area contributed by atoms with E-state index in [1.165, 1.54) is 43.5 Å². The first-order chi connectivity index (χ1) is 7.84. The highest BCUT2D eigenvalue weighted by atomic mass is 16.3. The van der Waals surface area contributed by atoms with Crippen LogP contribution in [0.3, 0.4) is 0 Å². The summed E-state index contributed by atoms with van der Waals surface area (Å²) < 4.78 is 0. The van der Waals surface area contributed by atoms with Gasteiger partial charge in [-0.2, -0.15) is 0 Å². The van der Waals surface area contributed by atoms with Crippen molar-refractivity contribution in [3.05, 3.63) is 29.3 Å². The molecule has 0 aromatic heterocycles.